The summed E-state index contributed by atoms with van der Waals surface area (Å²) in [6.07, 6.45) is 5.80. The van der Waals surface area contributed by atoms with Gasteiger partial charge < -0.3 is 5.43 Å². The molecule has 106 valence electrons. The molecule has 1 fully saturated rings. The van der Waals surface area contributed by atoms with Gasteiger partial charge in [0.25, 0.3) is 0 Å². The molecule has 19 heavy (non-hydrogen) atoms. The molecule has 1 heterocycles. The number of nitrogens with one attached hydrogen (secondary N) is 2. The number of nitrogens with zero attached hydrogens (tertiary/aromatic N) is 1. The van der Waals surface area contributed by atoms with E-state index in [0.717, 1.165) is 12.8 Å². The van der Waals surface area contributed by atoms with Gasteiger partial charge in [-0.2, -0.15) is 0 Å². The Morgan fingerprint density at radius 3 is 2.58 bits per heavy atom. The first-order chi connectivity index (χ1) is 8.95. The van der Waals surface area contributed by atoms with E-state index in [1.807, 2.05) is 0 Å². The van der Waals surface area contributed by atoms with Crippen molar-refractivity contribution >= 4 is 15.8 Å². The molecule has 1 aliphatic rings. The Hall–Kier alpha value is -1.18. The monoisotopic (exact) mass is 284 g/mol. The highest BCUT2D eigenvalue weighted by Gasteiger charge is 2.30. The van der Waals surface area contributed by atoms with Gasteiger partial charge >= 0.3 is 0 Å². The minimum absolute atomic E-state index is 0.0826. The SMILES string of the molecule is CC1(CNS(=O)(=O)c2ccc(NN)nc2)CCCC1. The topological polar surface area (TPSA) is 97.1 Å². The molecule has 2 rings (SSSR count). The van der Waals surface area contributed by atoms with E-state index >= 15 is 0 Å². The van der Waals surface area contributed by atoms with Crippen LogP contribution in [0.1, 0.15) is 32.6 Å². The van der Waals surface area contributed by atoms with Crippen LogP contribution >= 0.6 is 0 Å². The second-order valence-electron chi connectivity index (χ2n) is 5.37. The Labute approximate surface area is 113 Å². The minimum Gasteiger partial charge on any atom is -0.308 e. The maximum absolute atomic E-state index is 12.1. The largest absolute Gasteiger partial charge is 0.308 e. The maximum atomic E-state index is 12.1. The molecule has 4 N–H and O–H groups in total. The fraction of sp³-hybridized carbons (Fsp3) is 0.583. The molecule has 1 aromatic rings. The summed E-state index contributed by atoms with van der Waals surface area (Å²) in [6, 6.07) is 3.02. The van der Waals surface area contributed by atoms with Gasteiger partial charge in [-0.15, -0.1) is 0 Å². The van der Waals surface area contributed by atoms with Crippen molar-refractivity contribution < 1.29 is 8.42 Å². The lowest BCUT2D eigenvalue weighted by Crippen LogP contribution is -2.34. The van der Waals surface area contributed by atoms with Crippen LogP contribution in [-0.2, 0) is 10.0 Å². The van der Waals surface area contributed by atoms with E-state index in [1.54, 1.807) is 0 Å². The zero-order valence-corrected chi connectivity index (χ0v) is 11.8. The quantitative estimate of drug-likeness (QED) is 0.558. The molecule has 0 spiro atoms. The number of rotatable bonds is 5. The summed E-state index contributed by atoms with van der Waals surface area (Å²) in [5.41, 5.74) is 2.44. The molecule has 0 unspecified atom stereocenters. The molecule has 1 aromatic heterocycles. The molecule has 0 saturated heterocycles. The number of anilines is 1. The smallest absolute Gasteiger partial charge is 0.242 e. The molecular weight excluding hydrogens is 264 g/mol. The predicted octanol–water partition coefficient (Wildman–Crippen LogP) is 1.23. The third kappa shape index (κ3) is 3.43. The normalized spacial score (nSPS) is 18.4. The lowest BCUT2D eigenvalue weighted by atomic mass is 9.89. The zero-order chi connectivity index (χ0) is 13.9. The summed E-state index contributed by atoms with van der Waals surface area (Å²) < 4.78 is 26.9. The number of pyridine rings is 1. The van der Waals surface area contributed by atoms with Gasteiger partial charge in [0.05, 0.1) is 0 Å². The number of hydrogen-bond acceptors (Lipinski definition) is 5. The third-order valence-electron chi connectivity index (χ3n) is 3.69. The van der Waals surface area contributed by atoms with Crippen molar-refractivity contribution in [2.24, 2.45) is 11.3 Å². The van der Waals surface area contributed by atoms with E-state index in [1.165, 1.54) is 31.2 Å². The molecule has 0 atom stereocenters. The molecule has 6 nitrogen and oxygen atoms in total. The summed E-state index contributed by atoms with van der Waals surface area (Å²) in [7, 11) is -3.49. The van der Waals surface area contributed by atoms with Gasteiger partial charge in [0.2, 0.25) is 10.0 Å². The zero-order valence-electron chi connectivity index (χ0n) is 11.0. The fourth-order valence-electron chi connectivity index (χ4n) is 2.38. The number of hydrogen-bond donors (Lipinski definition) is 3. The van der Waals surface area contributed by atoms with Crippen LogP contribution in [0.2, 0.25) is 0 Å². The summed E-state index contributed by atoms with van der Waals surface area (Å²) in [5, 5.41) is 0. The first-order valence-corrected chi connectivity index (χ1v) is 7.86. The van der Waals surface area contributed by atoms with E-state index in [0.29, 0.717) is 12.4 Å². The van der Waals surface area contributed by atoms with Crippen LogP contribution in [0.3, 0.4) is 0 Å². The van der Waals surface area contributed by atoms with Crippen molar-refractivity contribution in [3.05, 3.63) is 18.3 Å². The molecule has 0 bridgehead atoms. The van der Waals surface area contributed by atoms with E-state index in [-0.39, 0.29) is 10.3 Å². The molecule has 1 saturated carbocycles. The first-order valence-electron chi connectivity index (χ1n) is 6.38. The molecule has 7 heteroatoms. The van der Waals surface area contributed by atoms with Crippen LogP contribution in [0.25, 0.3) is 0 Å². The van der Waals surface area contributed by atoms with Gasteiger partial charge in [-0.25, -0.2) is 24.0 Å². The van der Waals surface area contributed by atoms with E-state index in [4.69, 9.17) is 5.84 Å². The van der Waals surface area contributed by atoms with Crippen molar-refractivity contribution in [2.75, 3.05) is 12.0 Å². The second-order valence-corrected chi connectivity index (χ2v) is 7.13. The van der Waals surface area contributed by atoms with Gasteiger partial charge in [-0.1, -0.05) is 19.8 Å². The number of hydrazine groups is 1. The number of aromatic nitrogens is 1. The number of sulfonamides is 1. The van der Waals surface area contributed by atoms with Gasteiger partial charge in [0.15, 0.2) is 0 Å². The van der Waals surface area contributed by atoms with Crippen LogP contribution in [0.4, 0.5) is 5.82 Å². The van der Waals surface area contributed by atoms with Crippen molar-refractivity contribution in [1.82, 2.24) is 9.71 Å². The standard InChI is InChI=1S/C12H20N4O2S/c1-12(6-2-3-7-12)9-15-19(17,18)10-4-5-11(16-13)14-8-10/h4-5,8,15H,2-3,6-7,9,13H2,1H3,(H,14,16). The van der Waals surface area contributed by atoms with E-state index in [2.05, 4.69) is 22.1 Å². The molecule has 0 aliphatic heterocycles. The summed E-state index contributed by atoms with van der Waals surface area (Å²) in [5.74, 6) is 5.62. The highest BCUT2D eigenvalue weighted by atomic mass is 32.2. The molecule has 0 radical (unpaired) electrons. The van der Waals surface area contributed by atoms with E-state index < -0.39 is 10.0 Å². The maximum Gasteiger partial charge on any atom is 0.242 e. The van der Waals surface area contributed by atoms with Crippen LogP contribution in [0, 0.1) is 5.41 Å². The Balaban J connectivity index is 2.05. The number of nitrogens with two attached hydrogens (primary N) is 1. The van der Waals surface area contributed by atoms with Crippen molar-refractivity contribution in [2.45, 2.75) is 37.5 Å². The van der Waals surface area contributed by atoms with Gasteiger partial charge in [0.1, 0.15) is 10.7 Å². The van der Waals surface area contributed by atoms with Crippen LogP contribution in [-0.4, -0.2) is 19.9 Å². The molecule has 0 aromatic carbocycles. The minimum atomic E-state index is -3.49. The van der Waals surface area contributed by atoms with Crippen molar-refractivity contribution in [3.8, 4) is 0 Å². The van der Waals surface area contributed by atoms with Crippen LogP contribution in [0.15, 0.2) is 23.2 Å². The average molecular weight is 284 g/mol. The van der Waals surface area contributed by atoms with Crippen LogP contribution in [0.5, 0.6) is 0 Å². The highest BCUT2D eigenvalue weighted by Crippen LogP contribution is 2.36. The summed E-state index contributed by atoms with van der Waals surface area (Å²) in [4.78, 5) is 4.07. The third-order valence-corrected chi connectivity index (χ3v) is 5.08. The average Bonchev–Trinajstić information content (AvgIpc) is 2.84. The molecular formula is C12H20N4O2S. The Kier molecular flexibility index (Phi) is 4.07. The predicted molar refractivity (Wildman–Crippen MR) is 73.8 cm³/mol. The van der Waals surface area contributed by atoms with Crippen molar-refractivity contribution in [3.63, 3.8) is 0 Å². The van der Waals surface area contributed by atoms with Gasteiger partial charge in [-0.3, -0.25) is 0 Å². The molecule has 1 aliphatic carbocycles. The van der Waals surface area contributed by atoms with Gasteiger partial charge in [-0.05, 0) is 30.4 Å². The summed E-state index contributed by atoms with van der Waals surface area (Å²) >= 11 is 0. The Morgan fingerprint density at radius 2 is 2.05 bits per heavy atom. The molecule has 0 amide bonds. The first kappa shape index (κ1) is 14.2. The Bertz CT molecular complexity index is 521. The highest BCUT2D eigenvalue weighted by molar-refractivity contribution is 7.89. The van der Waals surface area contributed by atoms with Crippen molar-refractivity contribution in [1.29, 1.82) is 0 Å². The fourth-order valence-corrected chi connectivity index (χ4v) is 3.53. The van der Waals surface area contributed by atoms with Crippen LogP contribution < -0.4 is 16.0 Å². The Morgan fingerprint density at radius 1 is 1.37 bits per heavy atom. The lowest BCUT2D eigenvalue weighted by molar-refractivity contribution is 0.336. The van der Waals surface area contributed by atoms with Gasteiger partial charge in [0, 0.05) is 12.7 Å². The second kappa shape index (κ2) is 5.44. The summed E-state index contributed by atoms with van der Waals surface area (Å²) in [6.45, 7) is 2.61. The number of nitrogen functional groups attached to an aromatic ring is 1. The lowest BCUT2D eigenvalue weighted by Gasteiger charge is -2.23. The van der Waals surface area contributed by atoms with E-state index in [9.17, 15) is 8.42 Å².